The van der Waals surface area contributed by atoms with Crippen molar-refractivity contribution in [1.29, 1.82) is 0 Å². The van der Waals surface area contributed by atoms with Crippen LogP contribution in [0.4, 0.5) is 14.6 Å². The zero-order chi connectivity index (χ0) is 31.2. The van der Waals surface area contributed by atoms with Crippen LogP contribution in [0.5, 0.6) is 11.8 Å². The van der Waals surface area contributed by atoms with Crippen LogP contribution in [0.3, 0.4) is 0 Å². The molecule has 0 spiro atoms. The molecule has 10 heteroatoms. The fraction of sp³-hybridized carbons (Fsp3) is 0.400. The maximum Gasteiger partial charge on any atom is 0.319 e. The van der Waals surface area contributed by atoms with Gasteiger partial charge in [0.1, 0.15) is 40.9 Å². The van der Waals surface area contributed by atoms with Crippen molar-refractivity contribution in [2.75, 3.05) is 38.2 Å². The number of pyridine rings is 1. The Bertz CT molecular complexity index is 1920. The maximum absolute atomic E-state index is 17.0. The van der Waals surface area contributed by atoms with Crippen LogP contribution in [-0.2, 0) is 0 Å². The van der Waals surface area contributed by atoms with Crippen LogP contribution in [0, 0.1) is 35.8 Å². The number of fused-ring (bicyclic) bond motifs is 4. The lowest BCUT2D eigenvalue weighted by molar-refractivity contribution is 0.120. The highest BCUT2D eigenvalue weighted by atomic mass is 19.1. The van der Waals surface area contributed by atoms with E-state index in [2.05, 4.69) is 44.9 Å². The minimum absolute atomic E-state index is 0.00391. The fourth-order valence-electron chi connectivity index (χ4n) is 7.06. The highest BCUT2D eigenvalue weighted by Crippen LogP contribution is 2.40. The number of hydrogen-bond acceptors (Lipinski definition) is 8. The highest BCUT2D eigenvalue weighted by molar-refractivity contribution is 6.04. The first-order valence-electron chi connectivity index (χ1n) is 15.4. The molecule has 230 valence electrons. The second-order valence-corrected chi connectivity index (χ2v) is 12.2. The van der Waals surface area contributed by atoms with Gasteiger partial charge in [-0.2, -0.15) is 9.97 Å². The van der Waals surface area contributed by atoms with Gasteiger partial charge < -0.3 is 25.0 Å². The van der Waals surface area contributed by atoms with Gasteiger partial charge in [0.2, 0.25) is 0 Å². The van der Waals surface area contributed by atoms with Crippen molar-refractivity contribution in [2.24, 2.45) is 0 Å². The van der Waals surface area contributed by atoms with Gasteiger partial charge in [0, 0.05) is 42.2 Å². The standard InChI is InChI=1S/C35H34F2N6O2/c1-4-8-28-30-33(31(37)32(39-28)26-16-24(44)15-20-10-13-27(36)25(5-2)29(20)26)40-35(45-19-23-9-6-7-14-42(23)3)41-34(30)43-17-21-11-12-22(18-43)38-21/h2,10,13,15-16,21-23,38,44H,6-7,9,11-12,14,17-19H2,1,3H3/t21-,22+,23?. The van der Waals surface area contributed by atoms with Crippen LogP contribution in [-0.4, -0.2) is 76.4 Å². The Labute approximate surface area is 260 Å². The smallest absolute Gasteiger partial charge is 0.319 e. The molecule has 0 amide bonds. The molecule has 3 atom stereocenters. The number of nitrogens with one attached hydrogen (secondary N) is 1. The average Bonchev–Trinajstić information content (AvgIpc) is 3.38. The summed E-state index contributed by atoms with van der Waals surface area (Å²) in [7, 11) is 2.08. The second kappa shape index (κ2) is 11.8. The van der Waals surface area contributed by atoms with Crippen LogP contribution < -0.4 is 15.0 Å². The van der Waals surface area contributed by atoms with Gasteiger partial charge in [-0.1, -0.05) is 24.3 Å². The van der Waals surface area contributed by atoms with E-state index in [-0.39, 0.29) is 51.2 Å². The van der Waals surface area contributed by atoms with Crippen molar-refractivity contribution in [1.82, 2.24) is 25.2 Å². The largest absolute Gasteiger partial charge is 0.508 e. The summed E-state index contributed by atoms with van der Waals surface area (Å²) in [5, 5.41) is 15.4. The topological polar surface area (TPSA) is 86.6 Å². The number of piperazine rings is 1. The van der Waals surface area contributed by atoms with E-state index in [0.29, 0.717) is 48.4 Å². The molecular weight excluding hydrogens is 574 g/mol. The molecule has 2 bridgehead atoms. The number of nitrogens with zero attached hydrogens (tertiary/aromatic N) is 5. The van der Waals surface area contributed by atoms with Crippen LogP contribution in [0.1, 0.15) is 50.3 Å². The third-order valence-corrected chi connectivity index (χ3v) is 9.28. The van der Waals surface area contributed by atoms with Gasteiger partial charge in [0.05, 0.1) is 10.9 Å². The van der Waals surface area contributed by atoms with Crippen LogP contribution >= 0.6 is 0 Å². The lowest BCUT2D eigenvalue weighted by atomic mass is 9.95. The molecular formula is C35H34F2N6O2. The number of phenols is 1. The zero-order valence-electron chi connectivity index (χ0n) is 25.3. The number of terminal acetylenes is 1. The first-order valence-corrected chi connectivity index (χ1v) is 15.4. The lowest BCUT2D eigenvalue weighted by Crippen LogP contribution is -2.51. The summed E-state index contributed by atoms with van der Waals surface area (Å²) in [4.78, 5) is 18.6. The zero-order valence-corrected chi connectivity index (χ0v) is 25.3. The predicted octanol–water partition coefficient (Wildman–Crippen LogP) is 4.99. The summed E-state index contributed by atoms with van der Waals surface area (Å²) in [6.07, 6.45) is 11.1. The second-order valence-electron chi connectivity index (χ2n) is 12.2. The third-order valence-electron chi connectivity index (χ3n) is 9.28. The molecule has 4 aromatic rings. The van der Waals surface area contributed by atoms with E-state index >= 15 is 4.39 Å². The molecule has 3 aliphatic rings. The van der Waals surface area contributed by atoms with Gasteiger partial charge >= 0.3 is 6.01 Å². The van der Waals surface area contributed by atoms with E-state index in [0.717, 1.165) is 38.6 Å². The van der Waals surface area contributed by atoms with Crippen LogP contribution in [0.2, 0.25) is 0 Å². The maximum atomic E-state index is 17.0. The molecule has 1 unspecified atom stereocenters. The van der Waals surface area contributed by atoms with Crippen molar-refractivity contribution < 1.29 is 18.6 Å². The summed E-state index contributed by atoms with van der Waals surface area (Å²) < 4.78 is 38.1. The lowest BCUT2D eigenvalue weighted by Gasteiger charge is -2.34. The van der Waals surface area contributed by atoms with Crippen molar-refractivity contribution in [3.63, 3.8) is 0 Å². The summed E-state index contributed by atoms with van der Waals surface area (Å²) in [6.45, 7) is 4.42. The van der Waals surface area contributed by atoms with E-state index in [4.69, 9.17) is 21.1 Å². The molecule has 0 radical (unpaired) electrons. The molecule has 3 saturated heterocycles. The summed E-state index contributed by atoms with van der Waals surface area (Å²) in [6, 6.07) is 6.38. The Hall–Kier alpha value is -4.51. The molecule has 45 heavy (non-hydrogen) atoms. The number of hydrogen-bond donors (Lipinski definition) is 2. The first-order chi connectivity index (χ1) is 21.8. The number of likely N-dealkylation sites (tertiary alicyclic amines) is 1. The number of aromatic nitrogens is 3. The van der Waals surface area contributed by atoms with Crippen LogP contribution in [0.15, 0.2) is 24.3 Å². The molecule has 0 aliphatic carbocycles. The number of rotatable bonds is 5. The molecule has 2 N–H and O–H groups in total. The molecule has 2 aromatic carbocycles. The first kappa shape index (κ1) is 29.2. The van der Waals surface area contributed by atoms with Gasteiger partial charge in [-0.15, -0.1) is 6.42 Å². The molecule has 3 aliphatic heterocycles. The van der Waals surface area contributed by atoms with Gasteiger partial charge in [-0.05, 0) is 75.7 Å². The monoisotopic (exact) mass is 608 g/mol. The number of halogens is 2. The molecule has 7 rings (SSSR count). The van der Waals surface area contributed by atoms with E-state index < -0.39 is 11.6 Å². The van der Waals surface area contributed by atoms with Gasteiger partial charge in [0.15, 0.2) is 5.82 Å². The number of phenolic OH excluding ortho intramolecular Hbond substituents is 1. The van der Waals surface area contributed by atoms with E-state index in [1.165, 1.54) is 24.3 Å². The van der Waals surface area contributed by atoms with E-state index in [1.54, 1.807) is 6.92 Å². The van der Waals surface area contributed by atoms with Gasteiger partial charge in [-0.25, -0.2) is 13.8 Å². The Morgan fingerprint density at radius 2 is 1.87 bits per heavy atom. The number of likely N-dealkylation sites (N-methyl/N-ethyl adjacent to an activating group) is 1. The third kappa shape index (κ3) is 5.28. The summed E-state index contributed by atoms with van der Waals surface area (Å²) in [5.74, 6) is 7.33. The number of anilines is 1. The number of piperidine rings is 1. The Kier molecular flexibility index (Phi) is 7.64. The van der Waals surface area contributed by atoms with E-state index in [1.807, 2.05) is 0 Å². The quantitative estimate of drug-likeness (QED) is 0.307. The summed E-state index contributed by atoms with van der Waals surface area (Å²) in [5.41, 5.74) is 0.218. The highest BCUT2D eigenvalue weighted by Gasteiger charge is 2.35. The Morgan fingerprint density at radius 1 is 1.07 bits per heavy atom. The molecule has 5 heterocycles. The van der Waals surface area contributed by atoms with Crippen molar-refractivity contribution in [3.8, 4) is 47.2 Å². The van der Waals surface area contributed by atoms with Crippen molar-refractivity contribution in [3.05, 3.63) is 47.2 Å². The molecule has 0 saturated carbocycles. The summed E-state index contributed by atoms with van der Waals surface area (Å²) >= 11 is 0. The molecule has 3 fully saturated rings. The number of aromatic hydroxyl groups is 1. The number of ether oxygens (including phenoxy) is 1. The Morgan fingerprint density at radius 3 is 2.60 bits per heavy atom. The van der Waals surface area contributed by atoms with Crippen molar-refractivity contribution >= 4 is 27.5 Å². The normalized spacial score (nSPS) is 21.5. The average molecular weight is 609 g/mol. The minimum atomic E-state index is -0.757. The minimum Gasteiger partial charge on any atom is -0.508 e. The van der Waals surface area contributed by atoms with Gasteiger partial charge in [0.25, 0.3) is 0 Å². The SMILES string of the molecule is C#Cc1c(F)ccc2cc(O)cc(-c3nc(C#CC)c4c(N5C[C@H]6CC[C@@H](C5)N6)nc(OCC5CCCCN5C)nc4c3F)c12. The van der Waals surface area contributed by atoms with Crippen molar-refractivity contribution in [2.45, 2.75) is 57.2 Å². The Balaban J connectivity index is 1.46. The van der Waals surface area contributed by atoms with E-state index in [9.17, 15) is 9.50 Å². The van der Waals surface area contributed by atoms with Crippen LogP contribution in [0.25, 0.3) is 32.9 Å². The fourth-order valence-corrected chi connectivity index (χ4v) is 7.06. The van der Waals surface area contributed by atoms with Gasteiger partial charge in [-0.3, -0.25) is 0 Å². The molecule has 2 aromatic heterocycles. The predicted molar refractivity (Wildman–Crippen MR) is 170 cm³/mol. The molecule has 8 nitrogen and oxygen atoms in total. The number of benzene rings is 2.